The van der Waals surface area contributed by atoms with Crippen LogP contribution in [0, 0.1) is 0 Å². The molecular weight excluding hydrogens is 389 g/mol. The molecule has 0 radical (unpaired) electrons. The monoisotopic (exact) mass is 408 g/mol. The van der Waals surface area contributed by atoms with Crippen LogP contribution in [-0.2, 0) is 15.8 Å². The van der Waals surface area contributed by atoms with Gasteiger partial charge in [-0.25, -0.2) is 0 Å². The quantitative estimate of drug-likeness (QED) is 0.544. The molecule has 29 heavy (non-hydrogen) atoms. The second-order valence-corrected chi connectivity index (χ2v) is 5.66. The van der Waals surface area contributed by atoms with Gasteiger partial charge < -0.3 is 9.47 Å². The summed E-state index contributed by atoms with van der Waals surface area (Å²) in [5.74, 6) is -0.487. The number of hydrogen-bond donors (Lipinski definition) is 2. The molecule has 0 atom stereocenters. The number of rotatable bonds is 7. The number of alkyl halides is 3. The summed E-state index contributed by atoms with van der Waals surface area (Å²) >= 11 is 0. The number of para-hydroxylation sites is 2. The van der Waals surface area contributed by atoms with Crippen molar-refractivity contribution in [2.75, 3.05) is 13.2 Å². The molecule has 0 saturated heterocycles. The molecule has 0 aliphatic heterocycles. The van der Waals surface area contributed by atoms with Crippen LogP contribution >= 0.6 is 0 Å². The molecule has 2 aromatic rings. The molecule has 0 bridgehead atoms. The van der Waals surface area contributed by atoms with E-state index in [9.17, 15) is 22.8 Å². The number of carbonyl (C=O) groups is 2. The lowest BCUT2D eigenvalue weighted by atomic mass is 10.1. The summed E-state index contributed by atoms with van der Waals surface area (Å²) in [7, 11) is 0. The van der Waals surface area contributed by atoms with E-state index >= 15 is 0 Å². The molecule has 0 heterocycles. The summed E-state index contributed by atoms with van der Waals surface area (Å²) in [6.07, 6.45) is -2.27. The zero-order valence-electron chi connectivity index (χ0n) is 15.5. The number of benzene rings is 2. The molecule has 0 aliphatic rings. The summed E-state index contributed by atoms with van der Waals surface area (Å²) in [6.45, 7) is 1.87. The van der Waals surface area contributed by atoms with Gasteiger partial charge in [-0.2, -0.15) is 13.2 Å². The molecule has 154 valence electrons. The number of carbonyl (C=O) groups excluding carboxylic acids is 2. The van der Waals surface area contributed by atoms with Gasteiger partial charge in [-0.05, 0) is 42.8 Å². The molecule has 0 aromatic heterocycles. The zero-order valence-corrected chi connectivity index (χ0v) is 15.5. The first-order valence-corrected chi connectivity index (χ1v) is 8.58. The molecule has 6 nitrogen and oxygen atoms in total. The van der Waals surface area contributed by atoms with E-state index in [2.05, 4.69) is 10.9 Å². The van der Waals surface area contributed by atoms with Crippen LogP contribution in [0.5, 0.6) is 11.5 Å². The van der Waals surface area contributed by atoms with E-state index in [1.807, 2.05) is 6.92 Å². The first-order valence-electron chi connectivity index (χ1n) is 8.58. The van der Waals surface area contributed by atoms with Crippen molar-refractivity contribution >= 4 is 17.9 Å². The summed E-state index contributed by atoms with van der Waals surface area (Å²) in [5, 5.41) is 0. The Morgan fingerprint density at radius 2 is 1.69 bits per heavy atom. The lowest BCUT2D eigenvalue weighted by Crippen LogP contribution is -2.43. The van der Waals surface area contributed by atoms with Gasteiger partial charge in [0.15, 0.2) is 18.1 Å². The van der Waals surface area contributed by atoms with E-state index in [4.69, 9.17) is 9.47 Å². The van der Waals surface area contributed by atoms with Gasteiger partial charge in [0.05, 0.1) is 12.2 Å². The minimum absolute atomic E-state index is 0.192. The Morgan fingerprint density at radius 3 is 2.34 bits per heavy atom. The Morgan fingerprint density at radius 1 is 1.00 bits per heavy atom. The van der Waals surface area contributed by atoms with Crippen molar-refractivity contribution in [3.05, 3.63) is 65.7 Å². The molecule has 0 saturated carbocycles. The highest BCUT2D eigenvalue weighted by Gasteiger charge is 2.30. The lowest BCUT2D eigenvalue weighted by Gasteiger charge is -2.11. The molecule has 0 fully saturated rings. The number of amides is 2. The molecule has 2 N–H and O–H groups in total. The Hall–Kier alpha value is -3.49. The van der Waals surface area contributed by atoms with Gasteiger partial charge >= 0.3 is 6.18 Å². The largest absolute Gasteiger partial charge is 0.490 e. The van der Waals surface area contributed by atoms with Crippen LogP contribution in [0.15, 0.2) is 54.6 Å². The predicted molar refractivity (Wildman–Crippen MR) is 99.9 cm³/mol. The Bertz CT molecular complexity index is 882. The van der Waals surface area contributed by atoms with Gasteiger partial charge in [-0.15, -0.1) is 0 Å². The highest BCUT2D eigenvalue weighted by molar-refractivity contribution is 5.93. The van der Waals surface area contributed by atoms with Crippen LogP contribution in [0.4, 0.5) is 13.2 Å². The molecular formula is C20H19F3N2O4. The fourth-order valence-electron chi connectivity index (χ4n) is 2.19. The Labute approximate surface area is 165 Å². The molecule has 9 heteroatoms. The lowest BCUT2D eigenvalue weighted by molar-refractivity contribution is -0.137. The third kappa shape index (κ3) is 7.21. The Kier molecular flexibility index (Phi) is 7.64. The average Bonchev–Trinajstić information content (AvgIpc) is 2.70. The van der Waals surface area contributed by atoms with Crippen molar-refractivity contribution in [2.24, 2.45) is 0 Å². The van der Waals surface area contributed by atoms with E-state index in [0.717, 1.165) is 18.2 Å². The third-order valence-corrected chi connectivity index (χ3v) is 3.47. The summed E-state index contributed by atoms with van der Waals surface area (Å²) < 4.78 is 48.7. The smallest absolute Gasteiger partial charge is 0.416 e. The SMILES string of the molecule is CCOc1ccccc1OCC(=O)NNC(=O)/C=C/c1cccc(C(F)(F)F)c1. The summed E-state index contributed by atoms with van der Waals surface area (Å²) in [5.41, 5.74) is 3.63. The van der Waals surface area contributed by atoms with Crippen LogP contribution in [0.2, 0.25) is 0 Å². The minimum atomic E-state index is -4.47. The van der Waals surface area contributed by atoms with Gasteiger partial charge in [0.25, 0.3) is 11.8 Å². The molecule has 2 aromatic carbocycles. The van der Waals surface area contributed by atoms with Gasteiger partial charge in [-0.3, -0.25) is 20.4 Å². The van der Waals surface area contributed by atoms with Gasteiger partial charge in [0.1, 0.15) is 0 Å². The van der Waals surface area contributed by atoms with Crippen molar-refractivity contribution in [3.63, 3.8) is 0 Å². The zero-order chi connectivity index (χ0) is 21.3. The second-order valence-electron chi connectivity index (χ2n) is 5.66. The fourth-order valence-corrected chi connectivity index (χ4v) is 2.19. The van der Waals surface area contributed by atoms with Crippen molar-refractivity contribution < 1.29 is 32.2 Å². The Balaban J connectivity index is 1.82. The molecule has 0 unspecified atom stereocenters. The highest BCUT2D eigenvalue weighted by Crippen LogP contribution is 2.29. The molecule has 0 spiro atoms. The maximum Gasteiger partial charge on any atom is 0.416 e. The molecule has 0 aliphatic carbocycles. The van der Waals surface area contributed by atoms with Crippen molar-refractivity contribution in [3.8, 4) is 11.5 Å². The van der Waals surface area contributed by atoms with Crippen LogP contribution in [0.3, 0.4) is 0 Å². The maximum absolute atomic E-state index is 12.7. The molecule has 2 amide bonds. The maximum atomic E-state index is 12.7. The highest BCUT2D eigenvalue weighted by atomic mass is 19.4. The van der Waals surface area contributed by atoms with E-state index in [0.29, 0.717) is 18.1 Å². The van der Waals surface area contributed by atoms with E-state index in [1.165, 1.54) is 18.2 Å². The van der Waals surface area contributed by atoms with Gasteiger partial charge in [0.2, 0.25) is 0 Å². The molecule has 2 rings (SSSR count). The predicted octanol–water partition coefficient (Wildman–Crippen LogP) is 3.34. The summed E-state index contributed by atoms with van der Waals surface area (Å²) in [4.78, 5) is 23.5. The van der Waals surface area contributed by atoms with Crippen LogP contribution in [-0.4, -0.2) is 25.0 Å². The first kappa shape index (κ1) is 21.8. The van der Waals surface area contributed by atoms with Gasteiger partial charge in [0, 0.05) is 6.08 Å². The minimum Gasteiger partial charge on any atom is -0.490 e. The van der Waals surface area contributed by atoms with Crippen molar-refractivity contribution in [1.29, 1.82) is 0 Å². The topological polar surface area (TPSA) is 76.7 Å². The van der Waals surface area contributed by atoms with Crippen molar-refractivity contribution in [1.82, 2.24) is 10.9 Å². The van der Waals surface area contributed by atoms with Crippen LogP contribution < -0.4 is 20.3 Å². The third-order valence-electron chi connectivity index (χ3n) is 3.47. The number of hydrogen-bond acceptors (Lipinski definition) is 4. The number of nitrogens with one attached hydrogen (secondary N) is 2. The standard InChI is InChI=1S/C20H19F3N2O4/c1-2-28-16-8-3-4-9-17(16)29-13-19(27)25-24-18(26)11-10-14-6-5-7-15(12-14)20(21,22)23/h3-12H,2,13H2,1H3,(H,24,26)(H,25,27)/b11-10+. The summed E-state index contributed by atoms with van der Waals surface area (Å²) in [6, 6.07) is 11.3. The van der Waals surface area contributed by atoms with Crippen molar-refractivity contribution in [2.45, 2.75) is 13.1 Å². The fraction of sp³-hybridized carbons (Fsp3) is 0.200. The van der Waals surface area contributed by atoms with Crippen LogP contribution in [0.1, 0.15) is 18.1 Å². The van der Waals surface area contributed by atoms with E-state index in [-0.39, 0.29) is 12.2 Å². The number of hydrazine groups is 1. The normalized spacial score (nSPS) is 11.2. The van der Waals surface area contributed by atoms with E-state index < -0.39 is 23.6 Å². The van der Waals surface area contributed by atoms with Gasteiger partial charge in [-0.1, -0.05) is 24.3 Å². The second kappa shape index (κ2) is 10.2. The number of ether oxygens (including phenoxy) is 2. The van der Waals surface area contributed by atoms with Crippen LogP contribution in [0.25, 0.3) is 6.08 Å². The number of halogens is 3. The first-order chi connectivity index (χ1) is 13.8. The average molecular weight is 408 g/mol. The van der Waals surface area contributed by atoms with E-state index in [1.54, 1.807) is 24.3 Å².